The second kappa shape index (κ2) is 8.33. The first kappa shape index (κ1) is 21.3. The van der Waals surface area contributed by atoms with Crippen molar-refractivity contribution in [3.63, 3.8) is 0 Å². The topological polar surface area (TPSA) is 92.3 Å². The van der Waals surface area contributed by atoms with Crippen LogP contribution in [0.2, 0.25) is 0 Å². The fourth-order valence-corrected chi connectivity index (χ4v) is 7.21. The number of hydrogen-bond donors (Lipinski definition) is 2. The van der Waals surface area contributed by atoms with Crippen molar-refractivity contribution < 1.29 is 18.0 Å². The summed E-state index contributed by atoms with van der Waals surface area (Å²) in [4.78, 5) is 24.7. The molecule has 1 aromatic rings. The van der Waals surface area contributed by atoms with Gasteiger partial charge in [0.1, 0.15) is 0 Å². The van der Waals surface area contributed by atoms with Gasteiger partial charge in [0, 0.05) is 19.2 Å². The van der Waals surface area contributed by atoms with Crippen LogP contribution in [0.15, 0.2) is 24.3 Å². The van der Waals surface area contributed by atoms with E-state index in [2.05, 4.69) is 10.6 Å². The van der Waals surface area contributed by atoms with E-state index in [0.717, 1.165) is 28.9 Å². The van der Waals surface area contributed by atoms with Crippen LogP contribution in [0.3, 0.4) is 0 Å². The smallest absolute Gasteiger partial charge is 0.239 e. The molecule has 4 fully saturated rings. The Morgan fingerprint density at radius 3 is 1.97 bits per heavy atom. The van der Waals surface area contributed by atoms with E-state index in [1.165, 1.54) is 44.8 Å². The molecule has 2 amide bonds. The van der Waals surface area contributed by atoms with E-state index >= 15 is 0 Å². The van der Waals surface area contributed by atoms with Crippen molar-refractivity contribution in [2.45, 2.75) is 57.2 Å². The first-order chi connectivity index (χ1) is 14.2. The fraction of sp³-hybridized carbons (Fsp3) is 0.652. The predicted molar refractivity (Wildman–Crippen MR) is 115 cm³/mol. The number of hydrogen-bond acceptors (Lipinski definition) is 4. The van der Waals surface area contributed by atoms with E-state index in [1.54, 1.807) is 12.1 Å². The van der Waals surface area contributed by atoms with Crippen molar-refractivity contribution in [3.05, 3.63) is 35.4 Å². The molecule has 0 saturated heterocycles. The molecule has 4 bridgehead atoms. The third-order valence-electron chi connectivity index (χ3n) is 7.09. The molecule has 30 heavy (non-hydrogen) atoms. The van der Waals surface area contributed by atoms with E-state index in [1.807, 2.05) is 12.1 Å². The Labute approximate surface area is 179 Å². The maximum Gasteiger partial charge on any atom is 0.239 e. The monoisotopic (exact) mass is 432 g/mol. The summed E-state index contributed by atoms with van der Waals surface area (Å²) in [6.07, 6.45) is 9.41. The molecule has 0 heterocycles. The van der Waals surface area contributed by atoms with Crippen LogP contribution in [0.5, 0.6) is 0 Å². The minimum atomic E-state index is -3.06. The van der Waals surface area contributed by atoms with Gasteiger partial charge in [-0.05, 0) is 72.8 Å². The number of sulfone groups is 1. The molecule has 5 rings (SSSR count). The minimum Gasteiger partial charge on any atom is -0.350 e. The van der Waals surface area contributed by atoms with E-state index in [0.29, 0.717) is 13.0 Å². The number of amides is 2. The van der Waals surface area contributed by atoms with E-state index in [-0.39, 0.29) is 29.5 Å². The van der Waals surface area contributed by atoms with Crippen molar-refractivity contribution in [2.24, 2.45) is 23.2 Å². The molecule has 0 aliphatic heterocycles. The van der Waals surface area contributed by atoms with Gasteiger partial charge in [0.05, 0.1) is 12.3 Å². The molecule has 2 N–H and O–H groups in total. The Balaban J connectivity index is 1.19. The van der Waals surface area contributed by atoms with Crippen LogP contribution in [0.1, 0.15) is 56.1 Å². The van der Waals surface area contributed by atoms with Crippen LogP contribution in [-0.2, 0) is 31.7 Å². The lowest BCUT2D eigenvalue weighted by Crippen LogP contribution is -2.48. The third-order valence-corrected chi connectivity index (χ3v) is 7.95. The van der Waals surface area contributed by atoms with Crippen LogP contribution in [0.25, 0.3) is 0 Å². The molecular weight excluding hydrogens is 400 g/mol. The highest BCUT2D eigenvalue weighted by Crippen LogP contribution is 2.61. The molecule has 4 aliphatic rings. The molecule has 164 valence electrons. The molecule has 6 nitrogen and oxygen atoms in total. The quantitative estimate of drug-likeness (QED) is 0.660. The molecule has 1 aromatic carbocycles. The fourth-order valence-electron chi connectivity index (χ4n) is 6.41. The number of benzene rings is 1. The highest BCUT2D eigenvalue weighted by Gasteiger charge is 2.51. The van der Waals surface area contributed by atoms with Gasteiger partial charge in [0.2, 0.25) is 11.8 Å². The van der Waals surface area contributed by atoms with Gasteiger partial charge in [-0.25, -0.2) is 8.42 Å². The molecule has 0 unspecified atom stereocenters. The Bertz CT molecular complexity index is 872. The van der Waals surface area contributed by atoms with Crippen molar-refractivity contribution in [1.82, 2.24) is 10.6 Å². The zero-order chi connectivity index (χ0) is 21.4. The van der Waals surface area contributed by atoms with Gasteiger partial charge in [0.15, 0.2) is 9.84 Å². The number of carbonyl (C=O) groups excluding carboxylic acids is 2. The van der Waals surface area contributed by atoms with Crippen molar-refractivity contribution in [1.29, 1.82) is 0 Å². The standard InChI is InChI=1S/C23H32N2O4S/c1-30(28,29)15-17-4-2-16(3-5-17)13-24-22(27)14-25-21(26)12-23-9-18-6-19(10-23)8-20(7-18)11-23/h2-5,18-20H,6-15H2,1H3,(H,24,27)(H,25,26). The van der Waals surface area contributed by atoms with Gasteiger partial charge in [-0.2, -0.15) is 0 Å². The molecule has 0 aromatic heterocycles. The Morgan fingerprint density at radius 2 is 1.43 bits per heavy atom. The largest absolute Gasteiger partial charge is 0.350 e. The van der Waals surface area contributed by atoms with Crippen molar-refractivity contribution >= 4 is 21.7 Å². The van der Waals surface area contributed by atoms with Crippen LogP contribution in [0.4, 0.5) is 0 Å². The number of nitrogens with one attached hydrogen (secondary N) is 2. The molecule has 4 aliphatic carbocycles. The molecule has 4 saturated carbocycles. The summed E-state index contributed by atoms with van der Waals surface area (Å²) in [7, 11) is -3.06. The summed E-state index contributed by atoms with van der Waals surface area (Å²) < 4.78 is 22.7. The normalized spacial score (nSPS) is 29.6. The van der Waals surface area contributed by atoms with Gasteiger partial charge in [-0.3, -0.25) is 9.59 Å². The lowest BCUT2D eigenvalue weighted by molar-refractivity contribution is -0.131. The second-order valence-corrected chi connectivity index (χ2v) is 12.2. The summed E-state index contributed by atoms with van der Waals surface area (Å²) in [6.45, 7) is 0.347. The highest BCUT2D eigenvalue weighted by atomic mass is 32.2. The van der Waals surface area contributed by atoms with Gasteiger partial charge < -0.3 is 10.6 Å². The van der Waals surface area contributed by atoms with Gasteiger partial charge in [0.25, 0.3) is 0 Å². The number of carbonyl (C=O) groups is 2. The predicted octanol–water partition coefficient (Wildman–Crippen LogP) is 2.57. The Kier molecular flexibility index (Phi) is 5.93. The van der Waals surface area contributed by atoms with Gasteiger partial charge >= 0.3 is 0 Å². The van der Waals surface area contributed by atoms with Crippen LogP contribution in [-0.4, -0.2) is 33.0 Å². The first-order valence-corrected chi connectivity index (χ1v) is 13.0. The summed E-state index contributed by atoms with van der Waals surface area (Å²) >= 11 is 0. The summed E-state index contributed by atoms with van der Waals surface area (Å²) in [5, 5.41) is 5.62. The summed E-state index contributed by atoms with van der Waals surface area (Å²) in [5.41, 5.74) is 1.80. The highest BCUT2D eigenvalue weighted by molar-refractivity contribution is 7.89. The SMILES string of the molecule is CS(=O)(=O)Cc1ccc(CNC(=O)CNC(=O)CC23CC4CC(CC(C4)C2)C3)cc1. The number of rotatable bonds is 8. The van der Waals surface area contributed by atoms with Crippen molar-refractivity contribution in [2.75, 3.05) is 12.8 Å². The summed E-state index contributed by atoms with van der Waals surface area (Å²) in [6, 6.07) is 7.14. The van der Waals surface area contributed by atoms with Crippen molar-refractivity contribution in [3.8, 4) is 0 Å². The maximum atomic E-state index is 12.5. The van der Waals surface area contributed by atoms with Crippen LogP contribution < -0.4 is 10.6 Å². The molecule has 0 spiro atoms. The zero-order valence-corrected chi connectivity index (χ0v) is 18.5. The average molecular weight is 433 g/mol. The lowest BCUT2D eigenvalue weighted by Gasteiger charge is -2.56. The summed E-state index contributed by atoms with van der Waals surface area (Å²) in [5.74, 6) is 2.24. The van der Waals surface area contributed by atoms with Gasteiger partial charge in [-0.15, -0.1) is 0 Å². The average Bonchev–Trinajstić information content (AvgIpc) is 2.63. The maximum absolute atomic E-state index is 12.5. The Morgan fingerprint density at radius 1 is 0.900 bits per heavy atom. The van der Waals surface area contributed by atoms with E-state index in [4.69, 9.17) is 0 Å². The third kappa shape index (κ3) is 5.42. The molecular formula is C23H32N2O4S. The second-order valence-electron chi connectivity index (χ2n) is 10.0. The van der Waals surface area contributed by atoms with Gasteiger partial charge in [-0.1, -0.05) is 24.3 Å². The van der Waals surface area contributed by atoms with E-state index < -0.39 is 9.84 Å². The lowest BCUT2D eigenvalue weighted by atomic mass is 9.49. The molecule has 0 atom stereocenters. The van der Waals surface area contributed by atoms with Crippen LogP contribution >= 0.6 is 0 Å². The van der Waals surface area contributed by atoms with E-state index in [9.17, 15) is 18.0 Å². The molecule has 7 heteroatoms. The van der Waals surface area contributed by atoms with Crippen LogP contribution in [0, 0.1) is 23.2 Å². The zero-order valence-electron chi connectivity index (χ0n) is 17.7. The molecule has 0 radical (unpaired) electrons. The first-order valence-electron chi connectivity index (χ1n) is 11.0. The Hall–Kier alpha value is -1.89. The minimum absolute atomic E-state index is 0.00257.